The molecule has 2 N–H and O–H groups in total. The maximum atomic E-state index is 13.0. The molecule has 0 aliphatic carbocycles. The van der Waals surface area contributed by atoms with Gasteiger partial charge in [-0.25, -0.2) is 0 Å². The van der Waals surface area contributed by atoms with Crippen LogP contribution in [-0.2, 0) is 0 Å². The Bertz CT molecular complexity index is 1020. The molecule has 0 aromatic heterocycles. The van der Waals surface area contributed by atoms with Crippen LogP contribution < -0.4 is 29.7 Å². The van der Waals surface area contributed by atoms with Crippen molar-refractivity contribution >= 4 is 46.2 Å². The number of carbonyl (C=O) groups excluding carboxylic acids is 1. The standard InChI is InChI=1S/C25H33ClN4O4S/c1-5-32-21-14-17(15-22(33-6-2)23(21)34-7-3)24(31)28-25(35)27-18-8-9-20(19(26)16-18)30-12-10-29(4)11-13-30/h8-9,14-16H,5-7,10-13H2,1-4H3,(H2,27,28,31,35). The van der Waals surface area contributed by atoms with Crippen molar-refractivity contribution in [3.63, 3.8) is 0 Å². The molecule has 10 heteroatoms. The van der Waals surface area contributed by atoms with Crippen molar-refractivity contribution in [3.8, 4) is 17.2 Å². The Morgan fingerprint density at radius 2 is 1.57 bits per heavy atom. The number of halogens is 1. The number of ether oxygens (including phenoxy) is 3. The number of piperazine rings is 1. The number of thiocarbonyl (C=S) groups is 1. The van der Waals surface area contributed by atoms with Crippen LogP contribution in [-0.4, -0.2) is 69.0 Å². The number of carbonyl (C=O) groups is 1. The zero-order valence-corrected chi connectivity index (χ0v) is 22.2. The normalized spacial score (nSPS) is 13.8. The second-order valence-electron chi connectivity index (χ2n) is 7.97. The fourth-order valence-electron chi connectivity index (χ4n) is 3.75. The van der Waals surface area contributed by atoms with Crippen molar-refractivity contribution < 1.29 is 19.0 Å². The minimum Gasteiger partial charge on any atom is -0.490 e. The number of nitrogens with one attached hydrogen (secondary N) is 2. The summed E-state index contributed by atoms with van der Waals surface area (Å²) in [5.74, 6) is 0.961. The van der Waals surface area contributed by atoms with Crippen LogP contribution in [0, 0.1) is 0 Å². The van der Waals surface area contributed by atoms with E-state index in [0.717, 1.165) is 31.9 Å². The van der Waals surface area contributed by atoms with Gasteiger partial charge in [-0.2, -0.15) is 0 Å². The van der Waals surface area contributed by atoms with E-state index in [-0.39, 0.29) is 5.11 Å². The summed E-state index contributed by atoms with van der Waals surface area (Å²) in [6, 6.07) is 8.92. The Morgan fingerprint density at radius 1 is 0.971 bits per heavy atom. The van der Waals surface area contributed by atoms with Gasteiger partial charge in [0.15, 0.2) is 16.6 Å². The van der Waals surface area contributed by atoms with E-state index in [2.05, 4.69) is 27.5 Å². The minimum absolute atomic E-state index is 0.156. The zero-order chi connectivity index (χ0) is 25.4. The van der Waals surface area contributed by atoms with Gasteiger partial charge >= 0.3 is 0 Å². The number of nitrogens with zero attached hydrogens (tertiary/aromatic N) is 2. The number of anilines is 2. The molecular formula is C25H33ClN4O4S. The molecule has 35 heavy (non-hydrogen) atoms. The largest absolute Gasteiger partial charge is 0.490 e. The van der Waals surface area contributed by atoms with Gasteiger partial charge in [-0.15, -0.1) is 0 Å². The molecule has 0 unspecified atom stereocenters. The predicted octanol–water partition coefficient (Wildman–Crippen LogP) is 4.41. The van der Waals surface area contributed by atoms with Crippen molar-refractivity contribution in [3.05, 3.63) is 40.9 Å². The van der Waals surface area contributed by atoms with Gasteiger partial charge in [0.1, 0.15) is 0 Å². The number of rotatable bonds is 9. The first-order valence-electron chi connectivity index (χ1n) is 11.8. The Balaban J connectivity index is 1.70. The van der Waals surface area contributed by atoms with Gasteiger partial charge in [0.2, 0.25) is 5.75 Å². The van der Waals surface area contributed by atoms with E-state index < -0.39 is 5.91 Å². The third-order valence-corrected chi connectivity index (χ3v) is 5.95. The third kappa shape index (κ3) is 7.13. The second-order valence-corrected chi connectivity index (χ2v) is 8.78. The van der Waals surface area contributed by atoms with Gasteiger partial charge in [-0.1, -0.05) is 11.6 Å². The van der Waals surface area contributed by atoms with Gasteiger partial charge in [0, 0.05) is 37.4 Å². The Hall–Kier alpha value is -2.75. The smallest absolute Gasteiger partial charge is 0.257 e. The van der Waals surface area contributed by atoms with Crippen molar-refractivity contribution in [2.45, 2.75) is 20.8 Å². The van der Waals surface area contributed by atoms with E-state index in [1.165, 1.54) is 0 Å². The van der Waals surface area contributed by atoms with Crippen LogP contribution in [0.15, 0.2) is 30.3 Å². The Labute approximate surface area is 217 Å². The molecule has 1 aliphatic rings. The minimum atomic E-state index is -0.396. The average molecular weight is 521 g/mol. The summed E-state index contributed by atoms with van der Waals surface area (Å²) in [7, 11) is 2.11. The van der Waals surface area contributed by atoms with E-state index in [1.54, 1.807) is 12.1 Å². The van der Waals surface area contributed by atoms with Crippen LogP contribution in [0.4, 0.5) is 11.4 Å². The maximum absolute atomic E-state index is 13.0. The molecule has 0 atom stereocenters. The van der Waals surface area contributed by atoms with Crippen LogP contribution >= 0.6 is 23.8 Å². The SMILES string of the molecule is CCOc1cc(C(=O)NC(=S)Nc2ccc(N3CCN(C)CC3)c(Cl)c2)cc(OCC)c1OCC. The van der Waals surface area contributed by atoms with Crippen LogP contribution in [0.1, 0.15) is 31.1 Å². The lowest BCUT2D eigenvalue weighted by Crippen LogP contribution is -2.44. The summed E-state index contributed by atoms with van der Waals surface area (Å²) in [6.45, 7) is 10.7. The number of benzene rings is 2. The molecule has 0 bridgehead atoms. The molecule has 2 aromatic carbocycles. The first-order chi connectivity index (χ1) is 16.9. The highest BCUT2D eigenvalue weighted by Gasteiger charge is 2.20. The fourth-order valence-corrected chi connectivity index (χ4v) is 4.26. The van der Waals surface area contributed by atoms with Gasteiger partial charge < -0.3 is 29.3 Å². The molecule has 1 aliphatic heterocycles. The van der Waals surface area contributed by atoms with E-state index in [4.69, 9.17) is 38.0 Å². The summed E-state index contributed by atoms with van der Waals surface area (Å²) >= 11 is 11.9. The molecule has 2 aromatic rings. The third-order valence-electron chi connectivity index (χ3n) is 5.45. The fraction of sp³-hybridized carbons (Fsp3) is 0.440. The Morgan fingerprint density at radius 3 is 2.11 bits per heavy atom. The van der Waals surface area contributed by atoms with Crippen LogP contribution in [0.5, 0.6) is 17.2 Å². The molecule has 1 saturated heterocycles. The number of likely N-dealkylation sites (N-methyl/N-ethyl adjacent to an activating group) is 1. The van der Waals surface area contributed by atoms with Crippen molar-refractivity contribution in [2.24, 2.45) is 0 Å². The maximum Gasteiger partial charge on any atom is 0.257 e. The monoisotopic (exact) mass is 520 g/mol. The molecule has 0 saturated carbocycles. The highest BCUT2D eigenvalue weighted by Crippen LogP contribution is 2.39. The van der Waals surface area contributed by atoms with E-state index in [0.29, 0.717) is 53.3 Å². The summed E-state index contributed by atoms with van der Waals surface area (Å²) in [4.78, 5) is 17.5. The van der Waals surface area contributed by atoms with E-state index >= 15 is 0 Å². The average Bonchev–Trinajstić information content (AvgIpc) is 2.82. The van der Waals surface area contributed by atoms with Gasteiger partial charge in [0.25, 0.3) is 5.91 Å². The van der Waals surface area contributed by atoms with Crippen LogP contribution in [0.2, 0.25) is 5.02 Å². The van der Waals surface area contributed by atoms with Crippen molar-refractivity contribution in [2.75, 3.05) is 63.3 Å². The van der Waals surface area contributed by atoms with E-state index in [1.807, 2.05) is 39.0 Å². The molecule has 1 heterocycles. The number of hydrogen-bond donors (Lipinski definition) is 2. The topological polar surface area (TPSA) is 75.3 Å². The predicted molar refractivity (Wildman–Crippen MR) is 145 cm³/mol. The zero-order valence-electron chi connectivity index (χ0n) is 20.7. The summed E-state index contributed by atoms with van der Waals surface area (Å²) in [6.07, 6.45) is 0. The van der Waals surface area contributed by atoms with Crippen LogP contribution in [0.25, 0.3) is 0 Å². The van der Waals surface area contributed by atoms with E-state index in [9.17, 15) is 4.79 Å². The van der Waals surface area contributed by atoms with Crippen LogP contribution in [0.3, 0.4) is 0 Å². The van der Waals surface area contributed by atoms with Gasteiger partial charge in [0.05, 0.1) is 30.5 Å². The summed E-state index contributed by atoms with van der Waals surface area (Å²) < 4.78 is 17.1. The Kier molecular flexibility index (Phi) is 9.83. The number of hydrogen-bond acceptors (Lipinski definition) is 7. The lowest BCUT2D eigenvalue weighted by atomic mass is 10.1. The molecule has 0 spiro atoms. The molecule has 1 amide bonds. The first-order valence-corrected chi connectivity index (χ1v) is 12.6. The van der Waals surface area contributed by atoms with Gasteiger partial charge in [-0.3, -0.25) is 10.1 Å². The highest BCUT2D eigenvalue weighted by atomic mass is 35.5. The lowest BCUT2D eigenvalue weighted by molar-refractivity contribution is 0.0976. The highest BCUT2D eigenvalue weighted by molar-refractivity contribution is 7.80. The van der Waals surface area contributed by atoms with Gasteiger partial charge in [-0.05, 0) is 70.4 Å². The first kappa shape index (κ1) is 26.8. The second kappa shape index (κ2) is 12.8. The molecular weight excluding hydrogens is 488 g/mol. The molecule has 3 rings (SSSR count). The van der Waals surface area contributed by atoms with Crippen molar-refractivity contribution in [1.82, 2.24) is 10.2 Å². The molecule has 190 valence electrons. The summed E-state index contributed by atoms with van der Waals surface area (Å²) in [5.41, 5.74) is 2.02. The molecule has 0 radical (unpaired) electrons. The lowest BCUT2D eigenvalue weighted by Gasteiger charge is -2.34. The molecule has 1 fully saturated rings. The number of amides is 1. The quantitative estimate of drug-likeness (QED) is 0.471. The van der Waals surface area contributed by atoms with Crippen molar-refractivity contribution in [1.29, 1.82) is 0 Å². The summed E-state index contributed by atoms with van der Waals surface area (Å²) in [5, 5.41) is 6.52. The molecule has 8 nitrogen and oxygen atoms in total.